The fraction of sp³-hybridized carbons (Fsp3) is 0.714. The zero-order valence-corrected chi connectivity index (χ0v) is 15.1. The molecular weight excluding hydrogens is 296 g/mol. The van der Waals surface area contributed by atoms with Crippen molar-refractivity contribution >= 4 is 0 Å². The van der Waals surface area contributed by atoms with E-state index < -0.39 is 0 Å². The molecule has 2 saturated heterocycles. The van der Waals surface area contributed by atoms with Crippen LogP contribution in [0.2, 0.25) is 0 Å². The van der Waals surface area contributed by atoms with Crippen LogP contribution in [0, 0.1) is 5.92 Å². The van der Waals surface area contributed by atoms with Crippen LogP contribution in [-0.4, -0.2) is 61.3 Å². The molecule has 1 saturated carbocycles. The molecule has 0 N–H and O–H groups in total. The maximum absolute atomic E-state index is 6.41. The summed E-state index contributed by atoms with van der Waals surface area (Å²) < 4.78 is 6.41. The molecule has 3 aliphatic rings. The van der Waals surface area contributed by atoms with Crippen LogP contribution >= 0.6 is 0 Å². The van der Waals surface area contributed by atoms with Gasteiger partial charge in [-0.15, -0.1) is 0 Å². The Morgan fingerprint density at radius 3 is 2.88 bits per heavy atom. The molecule has 3 heteroatoms. The van der Waals surface area contributed by atoms with Gasteiger partial charge in [-0.3, -0.25) is 0 Å². The van der Waals surface area contributed by atoms with Gasteiger partial charge in [0.25, 0.3) is 0 Å². The summed E-state index contributed by atoms with van der Waals surface area (Å²) >= 11 is 0. The molecule has 0 bridgehead atoms. The van der Waals surface area contributed by atoms with Crippen molar-refractivity contribution in [2.45, 2.75) is 50.2 Å². The lowest BCUT2D eigenvalue weighted by molar-refractivity contribution is -0.0512. The Labute approximate surface area is 147 Å². The van der Waals surface area contributed by atoms with Crippen molar-refractivity contribution in [3.05, 3.63) is 35.9 Å². The zero-order chi connectivity index (χ0) is 16.4. The van der Waals surface area contributed by atoms with Crippen LogP contribution in [-0.2, 0) is 11.2 Å². The van der Waals surface area contributed by atoms with Gasteiger partial charge in [-0.1, -0.05) is 30.3 Å². The summed E-state index contributed by atoms with van der Waals surface area (Å²) in [5.41, 5.74) is 1.61. The first-order valence-electron chi connectivity index (χ1n) is 9.83. The molecule has 0 amide bonds. The maximum Gasteiger partial charge on any atom is 0.0813 e. The van der Waals surface area contributed by atoms with Crippen molar-refractivity contribution in [2.24, 2.45) is 5.92 Å². The summed E-state index contributed by atoms with van der Waals surface area (Å²) in [6.45, 7) is 5.76. The molecule has 3 nitrogen and oxygen atoms in total. The minimum absolute atomic E-state index is 0.157. The van der Waals surface area contributed by atoms with E-state index in [1.54, 1.807) is 0 Å². The van der Waals surface area contributed by atoms with E-state index in [9.17, 15) is 0 Å². The molecule has 1 aliphatic carbocycles. The highest BCUT2D eigenvalue weighted by Crippen LogP contribution is 2.38. The molecule has 4 rings (SSSR count). The smallest absolute Gasteiger partial charge is 0.0813 e. The number of likely N-dealkylation sites (tertiary alicyclic amines) is 1. The summed E-state index contributed by atoms with van der Waals surface area (Å²) in [6, 6.07) is 11.8. The van der Waals surface area contributed by atoms with Crippen molar-refractivity contribution in [2.75, 3.05) is 39.8 Å². The van der Waals surface area contributed by atoms with Gasteiger partial charge >= 0.3 is 0 Å². The normalized spacial score (nSPS) is 31.2. The van der Waals surface area contributed by atoms with Crippen molar-refractivity contribution in [3.63, 3.8) is 0 Å². The molecule has 2 atom stereocenters. The second-order valence-electron chi connectivity index (χ2n) is 8.35. The van der Waals surface area contributed by atoms with Crippen LogP contribution in [0.25, 0.3) is 0 Å². The van der Waals surface area contributed by atoms with Crippen molar-refractivity contribution in [1.82, 2.24) is 9.80 Å². The van der Waals surface area contributed by atoms with Gasteiger partial charge in [0, 0.05) is 25.7 Å². The van der Waals surface area contributed by atoms with Gasteiger partial charge in [-0.05, 0) is 63.6 Å². The predicted octanol–water partition coefficient (Wildman–Crippen LogP) is 3.19. The highest BCUT2D eigenvalue weighted by molar-refractivity contribution is 5.15. The molecule has 0 unspecified atom stereocenters. The molecule has 132 valence electrons. The number of nitrogens with zero attached hydrogens (tertiary/aromatic N) is 2. The quantitative estimate of drug-likeness (QED) is 0.797. The van der Waals surface area contributed by atoms with Gasteiger partial charge in [-0.2, -0.15) is 0 Å². The van der Waals surface area contributed by atoms with Crippen molar-refractivity contribution < 1.29 is 4.74 Å². The summed E-state index contributed by atoms with van der Waals surface area (Å²) in [6.07, 6.45) is 7.79. The molecule has 0 radical (unpaired) electrons. The lowest BCUT2D eigenvalue weighted by atomic mass is 9.86. The molecule has 1 aromatic rings. The van der Waals surface area contributed by atoms with E-state index in [1.165, 1.54) is 57.3 Å². The van der Waals surface area contributed by atoms with Gasteiger partial charge < -0.3 is 14.5 Å². The minimum Gasteiger partial charge on any atom is -0.373 e. The van der Waals surface area contributed by atoms with Crippen molar-refractivity contribution in [3.8, 4) is 0 Å². The topological polar surface area (TPSA) is 15.7 Å². The average Bonchev–Trinajstić information content (AvgIpc) is 3.39. The molecule has 1 aromatic carbocycles. The standard InChI is InChI=1S/C21H32N2O/c1-22(20-8-9-20)15-19-14-21(24-16-19)11-5-12-23(17-21)13-10-18-6-3-2-4-7-18/h2-4,6-7,19-20H,5,8-17H2,1H3/t19-,21+/m1/s1. The summed E-state index contributed by atoms with van der Waals surface area (Å²) in [7, 11) is 2.30. The zero-order valence-electron chi connectivity index (χ0n) is 15.1. The predicted molar refractivity (Wildman–Crippen MR) is 98.3 cm³/mol. The van der Waals surface area contributed by atoms with E-state index in [4.69, 9.17) is 4.74 Å². The van der Waals surface area contributed by atoms with Crippen LogP contribution in [0.5, 0.6) is 0 Å². The first-order chi connectivity index (χ1) is 11.7. The highest BCUT2D eigenvalue weighted by Gasteiger charge is 2.44. The first-order valence-corrected chi connectivity index (χ1v) is 9.83. The maximum atomic E-state index is 6.41. The third kappa shape index (κ3) is 4.01. The van der Waals surface area contributed by atoms with E-state index in [1.807, 2.05) is 0 Å². The third-order valence-corrected chi connectivity index (χ3v) is 6.18. The molecular formula is C21H32N2O. The number of piperidine rings is 1. The number of ether oxygens (including phenoxy) is 1. The lowest BCUT2D eigenvalue weighted by Gasteiger charge is -2.40. The minimum atomic E-state index is 0.157. The Kier molecular flexibility index (Phi) is 4.93. The second kappa shape index (κ2) is 7.15. The monoisotopic (exact) mass is 328 g/mol. The lowest BCUT2D eigenvalue weighted by Crippen LogP contribution is -2.48. The molecule has 3 fully saturated rings. The second-order valence-corrected chi connectivity index (χ2v) is 8.35. The van der Waals surface area contributed by atoms with Crippen LogP contribution < -0.4 is 0 Å². The fourth-order valence-corrected chi connectivity index (χ4v) is 4.73. The number of hydrogen-bond donors (Lipinski definition) is 0. The Morgan fingerprint density at radius 2 is 2.08 bits per heavy atom. The van der Waals surface area contributed by atoms with Crippen molar-refractivity contribution in [1.29, 1.82) is 0 Å². The molecule has 2 heterocycles. The molecule has 2 aliphatic heterocycles. The summed E-state index contributed by atoms with van der Waals surface area (Å²) in [4.78, 5) is 5.21. The average molecular weight is 329 g/mol. The van der Waals surface area contributed by atoms with Gasteiger partial charge in [-0.25, -0.2) is 0 Å². The molecule has 0 aromatic heterocycles. The summed E-state index contributed by atoms with van der Waals surface area (Å²) in [5.74, 6) is 0.740. The van der Waals surface area contributed by atoms with E-state index in [0.29, 0.717) is 0 Å². The van der Waals surface area contributed by atoms with Gasteiger partial charge in [0.1, 0.15) is 0 Å². The number of hydrogen-bond acceptors (Lipinski definition) is 3. The highest BCUT2D eigenvalue weighted by atomic mass is 16.5. The van der Waals surface area contributed by atoms with Crippen LogP contribution in [0.4, 0.5) is 0 Å². The molecule has 1 spiro atoms. The summed E-state index contributed by atoms with van der Waals surface area (Å²) in [5, 5.41) is 0. The third-order valence-electron chi connectivity index (χ3n) is 6.18. The first kappa shape index (κ1) is 16.6. The van der Waals surface area contributed by atoms with E-state index >= 15 is 0 Å². The Morgan fingerprint density at radius 1 is 1.25 bits per heavy atom. The van der Waals surface area contributed by atoms with E-state index in [-0.39, 0.29) is 5.60 Å². The van der Waals surface area contributed by atoms with Crippen LogP contribution in [0.1, 0.15) is 37.7 Å². The Bertz CT molecular complexity index is 530. The van der Waals surface area contributed by atoms with Gasteiger partial charge in [0.05, 0.1) is 12.2 Å². The number of benzene rings is 1. The SMILES string of the molecule is CN(C[C@@H]1CO[C@@]2(CCCN(CCc3ccccc3)C2)C1)C1CC1. The fourth-order valence-electron chi connectivity index (χ4n) is 4.73. The van der Waals surface area contributed by atoms with Gasteiger partial charge in [0.2, 0.25) is 0 Å². The number of rotatable bonds is 6. The van der Waals surface area contributed by atoms with Crippen LogP contribution in [0.3, 0.4) is 0 Å². The molecule has 24 heavy (non-hydrogen) atoms. The largest absolute Gasteiger partial charge is 0.373 e. The van der Waals surface area contributed by atoms with Crippen LogP contribution in [0.15, 0.2) is 30.3 Å². The van der Waals surface area contributed by atoms with Gasteiger partial charge in [0.15, 0.2) is 0 Å². The van der Waals surface area contributed by atoms with E-state index in [0.717, 1.165) is 31.5 Å². The Hall–Kier alpha value is -0.900. The van der Waals surface area contributed by atoms with E-state index in [2.05, 4.69) is 47.2 Å². The Balaban J connectivity index is 1.28.